The van der Waals surface area contributed by atoms with Crippen LogP contribution in [0.25, 0.3) is 17.1 Å². The number of carbonyl (C=O) groups excluding carboxylic acids is 1. The van der Waals surface area contributed by atoms with Crippen LogP contribution in [-0.4, -0.2) is 22.4 Å². The number of hydrogen-bond donors (Lipinski definition) is 0. The highest BCUT2D eigenvalue weighted by atomic mass is 16.5. The number of hydrogen-bond acceptors (Lipinski definition) is 3. The van der Waals surface area contributed by atoms with Gasteiger partial charge in [-0.15, -0.1) is 0 Å². The van der Waals surface area contributed by atoms with Gasteiger partial charge >= 0.3 is 0 Å². The van der Waals surface area contributed by atoms with Crippen LogP contribution in [0.4, 0.5) is 0 Å². The Morgan fingerprint density at radius 3 is 2.62 bits per heavy atom. The molecule has 2 aromatic carbocycles. The molecule has 0 atom stereocenters. The van der Waals surface area contributed by atoms with E-state index in [2.05, 4.69) is 22.5 Å². The van der Waals surface area contributed by atoms with E-state index < -0.39 is 0 Å². The molecule has 1 aromatic heterocycles. The van der Waals surface area contributed by atoms with Crippen LogP contribution in [-0.2, 0) is 6.54 Å². The lowest BCUT2D eigenvalue weighted by Crippen LogP contribution is -2.00. The zero-order valence-electron chi connectivity index (χ0n) is 13.9. The number of aromatic nitrogens is 2. The van der Waals surface area contributed by atoms with Gasteiger partial charge in [-0.05, 0) is 55.0 Å². The van der Waals surface area contributed by atoms with Gasteiger partial charge in [0.15, 0.2) is 5.78 Å². The highest BCUT2D eigenvalue weighted by Gasteiger charge is 2.08. The lowest BCUT2D eigenvalue weighted by atomic mass is 10.1. The molecule has 1 heterocycles. The summed E-state index contributed by atoms with van der Waals surface area (Å²) in [7, 11) is 1.61. The Hall–Kier alpha value is -2.88. The van der Waals surface area contributed by atoms with Crippen LogP contribution in [0.5, 0.6) is 5.75 Å². The van der Waals surface area contributed by atoms with E-state index in [-0.39, 0.29) is 5.78 Å². The largest absolute Gasteiger partial charge is 0.497 e. The molecule has 4 nitrogen and oxygen atoms in total. The summed E-state index contributed by atoms with van der Waals surface area (Å²) in [6.07, 6.45) is 4.38. The van der Waals surface area contributed by atoms with Crippen molar-refractivity contribution in [2.75, 3.05) is 7.11 Å². The summed E-state index contributed by atoms with van der Waals surface area (Å²) in [6.45, 7) is 3.00. The molecule has 4 heteroatoms. The van der Waals surface area contributed by atoms with Gasteiger partial charge in [-0.3, -0.25) is 4.79 Å². The van der Waals surface area contributed by atoms with Crippen molar-refractivity contribution < 1.29 is 9.53 Å². The predicted molar refractivity (Wildman–Crippen MR) is 96.4 cm³/mol. The zero-order chi connectivity index (χ0) is 16.9. The maximum absolute atomic E-state index is 12.3. The van der Waals surface area contributed by atoms with Crippen LogP contribution >= 0.6 is 0 Å². The Bertz CT molecular complexity index is 876. The number of rotatable bonds is 6. The molecule has 3 aromatic rings. The van der Waals surface area contributed by atoms with Crippen molar-refractivity contribution in [3.05, 3.63) is 66.0 Å². The van der Waals surface area contributed by atoms with Gasteiger partial charge in [0.2, 0.25) is 0 Å². The summed E-state index contributed by atoms with van der Waals surface area (Å²) in [4.78, 5) is 17.0. The summed E-state index contributed by atoms with van der Waals surface area (Å²) < 4.78 is 7.26. The molecule has 0 saturated carbocycles. The molecule has 0 bridgehead atoms. The van der Waals surface area contributed by atoms with Crippen molar-refractivity contribution in [3.8, 4) is 5.75 Å². The summed E-state index contributed by atoms with van der Waals surface area (Å²) in [5.41, 5.74) is 2.67. The molecule has 122 valence electrons. The molecule has 3 rings (SSSR count). The molecular formula is C20H20N2O2. The third-order valence-electron chi connectivity index (χ3n) is 3.89. The van der Waals surface area contributed by atoms with Crippen molar-refractivity contribution >= 4 is 22.9 Å². The normalized spacial score (nSPS) is 11.2. The van der Waals surface area contributed by atoms with Gasteiger partial charge in [0.1, 0.15) is 11.6 Å². The Labute approximate surface area is 141 Å². The lowest BCUT2D eigenvalue weighted by Gasteiger charge is -2.04. The van der Waals surface area contributed by atoms with Gasteiger partial charge < -0.3 is 9.30 Å². The molecule has 0 saturated heterocycles. The Balaban J connectivity index is 1.88. The van der Waals surface area contributed by atoms with Crippen molar-refractivity contribution in [2.45, 2.75) is 19.9 Å². The number of imidazole rings is 1. The summed E-state index contributed by atoms with van der Waals surface area (Å²) >= 11 is 0. The quantitative estimate of drug-likeness (QED) is 0.501. The van der Waals surface area contributed by atoms with Crippen molar-refractivity contribution in [2.24, 2.45) is 0 Å². The van der Waals surface area contributed by atoms with E-state index in [1.54, 1.807) is 43.5 Å². The standard InChI is InChI=1S/C20H20N2O2/c1-3-14-22-18-7-5-4-6-17(18)21-20(22)13-12-19(23)15-8-10-16(24-2)11-9-15/h4-13H,3,14H2,1-2H3/b13-12+. The number of nitrogens with zero attached hydrogens (tertiary/aromatic N) is 2. The van der Waals surface area contributed by atoms with Gasteiger partial charge in [0.05, 0.1) is 18.1 Å². The number of ether oxygens (including phenoxy) is 1. The molecule has 0 aliphatic carbocycles. The SMILES string of the molecule is CCCn1c(/C=C/C(=O)c2ccc(OC)cc2)nc2ccccc21. The first-order valence-corrected chi connectivity index (χ1v) is 8.04. The maximum atomic E-state index is 12.3. The van der Waals surface area contributed by atoms with E-state index >= 15 is 0 Å². The number of fused-ring (bicyclic) bond motifs is 1. The molecule has 24 heavy (non-hydrogen) atoms. The third kappa shape index (κ3) is 3.23. The topological polar surface area (TPSA) is 44.1 Å². The van der Waals surface area contributed by atoms with Crippen LogP contribution in [0.2, 0.25) is 0 Å². The van der Waals surface area contributed by atoms with Crippen LogP contribution in [0.1, 0.15) is 29.5 Å². The van der Waals surface area contributed by atoms with E-state index in [0.29, 0.717) is 5.56 Å². The van der Waals surface area contributed by atoms with Crippen molar-refractivity contribution in [3.63, 3.8) is 0 Å². The molecule has 0 N–H and O–H groups in total. The second-order valence-electron chi connectivity index (χ2n) is 5.54. The van der Waals surface area contributed by atoms with Crippen LogP contribution < -0.4 is 4.74 Å². The van der Waals surface area contributed by atoms with E-state index in [1.807, 2.05) is 18.2 Å². The van der Waals surface area contributed by atoms with Gasteiger partial charge in [-0.1, -0.05) is 19.1 Å². The second-order valence-corrected chi connectivity index (χ2v) is 5.54. The highest BCUT2D eigenvalue weighted by Crippen LogP contribution is 2.18. The molecule has 0 aliphatic heterocycles. The molecular weight excluding hydrogens is 300 g/mol. The summed E-state index contributed by atoms with van der Waals surface area (Å²) in [5.74, 6) is 1.49. The highest BCUT2D eigenvalue weighted by molar-refractivity contribution is 6.06. The fourth-order valence-corrected chi connectivity index (χ4v) is 2.68. The number of carbonyl (C=O) groups is 1. The number of methoxy groups -OCH3 is 1. The van der Waals surface area contributed by atoms with Crippen LogP contribution in [0, 0.1) is 0 Å². The van der Waals surface area contributed by atoms with E-state index in [1.165, 1.54) is 0 Å². The van der Waals surface area contributed by atoms with Gasteiger partial charge in [-0.2, -0.15) is 0 Å². The van der Waals surface area contributed by atoms with Crippen LogP contribution in [0.3, 0.4) is 0 Å². The first-order valence-electron chi connectivity index (χ1n) is 8.04. The average Bonchev–Trinajstić information content (AvgIpc) is 2.98. The summed E-state index contributed by atoms with van der Waals surface area (Å²) in [5, 5.41) is 0. The first kappa shape index (κ1) is 16.0. The van der Waals surface area contributed by atoms with Crippen molar-refractivity contribution in [1.29, 1.82) is 0 Å². The van der Waals surface area contributed by atoms with Crippen LogP contribution in [0.15, 0.2) is 54.6 Å². The number of benzene rings is 2. The minimum absolute atomic E-state index is 0.0484. The zero-order valence-corrected chi connectivity index (χ0v) is 13.9. The lowest BCUT2D eigenvalue weighted by molar-refractivity contribution is 0.104. The first-order chi connectivity index (χ1) is 11.7. The second kappa shape index (κ2) is 7.13. The third-order valence-corrected chi connectivity index (χ3v) is 3.89. The molecule has 0 aliphatic rings. The molecule has 0 unspecified atom stereocenters. The number of ketones is 1. The fraction of sp³-hybridized carbons (Fsp3) is 0.200. The van der Waals surface area contributed by atoms with E-state index in [0.717, 1.165) is 35.6 Å². The minimum Gasteiger partial charge on any atom is -0.497 e. The van der Waals surface area contributed by atoms with Gasteiger partial charge in [-0.25, -0.2) is 4.98 Å². The number of para-hydroxylation sites is 2. The smallest absolute Gasteiger partial charge is 0.185 e. The fourth-order valence-electron chi connectivity index (χ4n) is 2.68. The molecule has 0 radical (unpaired) electrons. The summed E-state index contributed by atoms with van der Waals surface area (Å²) in [6, 6.07) is 15.1. The minimum atomic E-state index is -0.0484. The number of allylic oxidation sites excluding steroid dienone is 1. The Morgan fingerprint density at radius 1 is 1.17 bits per heavy atom. The monoisotopic (exact) mass is 320 g/mol. The predicted octanol–water partition coefficient (Wildman–Crippen LogP) is 4.35. The Morgan fingerprint density at radius 2 is 1.92 bits per heavy atom. The van der Waals surface area contributed by atoms with Gasteiger partial charge in [0.25, 0.3) is 0 Å². The molecule has 0 amide bonds. The van der Waals surface area contributed by atoms with Gasteiger partial charge in [0, 0.05) is 12.1 Å². The average molecular weight is 320 g/mol. The maximum Gasteiger partial charge on any atom is 0.185 e. The Kier molecular flexibility index (Phi) is 4.75. The number of aryl methyl sites for hydroxylation is 1. The molecule has 0 fully saturated rings. The van der Waals surface area contributed by atoms with E-state index in [9.17, 15) is 4.79 Å². The van der Waals surface area contributed by atoms with E-state index in [4.69, 9.17) is 4.74 Å². The molecule has 0 spiro atoms. The van der Waals surface area contributed by atoms with Crippen molar-refractivity contribution in [1.82, 2.24) is 9.55 Å².